The second-order valence-corrected chi connectivity index (χ2v) is 4.42. The molecule has 0 radical (unpaired) electrons. The largest absolute Gasteiger partial charge is 0.389 e. The first-order chi connectivity index (χ1) is 7.79. The van der Waals surface area contributed by atoms with E-state index in [9.17, 15) is 0 Å². The molecule has 0 atom stereocenters. The van der Waals surface area contributed by atoms with E-state index in [1.165, 1.54) is 11.3 Å². The third kappa shape index (κ3) is 2.49. The molecule has 2 rings (SSSR count). The van der Waals surface area contributed by atoms with Gasteiger partial charge in [0.1, 0.15) is 5.00 Å². The predicted molar refractivity (Wildman–Crippen MR) is 67.5 cm³/mol. The quantitative estimate of drug-likeness (QED) is 0.880. The molecule has 2 aromatic rings. The molecular weight excluding hydrogens is 220 g/mol. The molecule has 2 aromatic heterocycles. The molecule has 5 heteroatoms. The van der Waals surface area contributed by atoms with Gasteiger partial charge < -0.3 is 10.6 Å². The fourth-order valence-electron chi connectivity index (χ4n) is 1.43. The van der Waals surface area contributed by atoms with Crippen molar-refractivity contribution in [1.29, 1.82) is 0 Å². The van der Waals surface area contributed by atoms with Gasteiger partial charge in [0.2, 0.25) is 0 Å². The molecule has 2 N–H and O–H groups in total. The van der Waals surface area contributed by atoms with Gasteiger partial charge in [-0.25, -0.2) is 4.98 Å². The van der Waals surface area contributed by atoms with Crippen LogP contribution in [0.5, 0.6) is 0 Å². The number of nitrogens with zero attached hydrogens (tertiary/aromatic N) is 3. The number of hydrogen-bond acceptors (Lipinski definition) is 5. The van der Waals surface area contributed by atoms with E-state index in [2.05, 4.69) is 21.8 Å². The summed E-state index contributed by atoms with van der Waals surface area (Å²) < 4.78 is 0. The highest BCUT2D eigenvalue weighted by Gasteiger charge is 2.09. The van der Waals surface area contributed by atoms with E-state index in [4.69, 9.17) is 5.73 Å². The van der Waals surface area contributed by atoms with Gasteiger partial charge in [0.25, 0.3) is 0 Å². The summed E-state index contributed by atoms with van der Waals surface area (Å²) in [6, 6.07) is 5.92. The van der Waals surface area contributed by atoms with Crippen LogP contribution in [-0.2, 0) is 6.54 Å². The van der Waals surface area contributed by atoms with Crippen molar-refractivity contribution in [2.45, 2.75) is 13.5 Å². The Hall–Kier alpha value is -1.62. The van der Waals surface area contributed by atoms with Gasteiger partial charge in [0, 0.05) is 12.7 Å². The monoisotopic (exact) mass is 234 g/mol. The molecule has 0 aromatic carbocycles. The van der Waals surface area contributed by atoms with Gasteiger partial charge in [-0.3, -0.25) is 4.98 Å². The lowest BCUT2D eigenvalue weighted by Crippen LogP contribution is -2.22. The molecule has 0 spiro atoms. The molecular formula is C11H14N4S. The predicted octanol–water partition coefficient (Wildman–Crippen LogP) is 2.15. The second kappa shape index (κ2) is 4.94. The Morgan fingerprint density at radius 1 is 1.38 bits per heavy atom. The smallest absolute Gasteiger partial charge is 0.187 e. The van der Waals surface area contributed by atoms with Crippen LogP contribution in [0.25, 0.3) is 0 Å². The number of nitrogens with two attached hydrogens (primary N) is 1. The summed E-state index contributed by atoms with van der Waals surface area (Å²) in [6.45, 7) is 3.76. The Bertz CT molecular complexity index is 440. The van der Waals surface area contributed by atoms with Crippen molar-refractivity contribution in [3.63, 3.8) is 0 Å². The number of nitrogen functional groups attached to an aromatic ring is 1. The SMILES string of the molecule is CCN(Cc1ccccn1)c1ncc(N)s1. The fourth-order valence-corrected chi connectivity index (χ4v) is 2.17. The molecule has 0 bridgehead atoms. The summed E-state index contributed by atoms with van der Waals surface area (Å²) in [5, 5.41) is 1.69. The summed E-state index contributed by atoms with van der Waals surface area (Å²) in [5.74, 6) is 0. The van der Waals surface area contributed by atoms with Crippen LogP contribution in [0.3, 0.4) is 0 Å². The molecule has 0 unspecified atom stereocenters. The van der Waals surface area contributed by atoms with Crippen LogP contribution in [0.1, 0.15) is 12.6 Å². The number of hydrogen-bond donors (Lipinski definition) is 1. The normalized spacial score (nSPS) is 10.3. The number of aromatic nitrogens is 2. The lowest BCUT2D eigenvalue weighted by molar-refractivity contribution is 0.805. The zero-order valence-electron chi connectivity index (χ0n) is 9.13. The average molecular weight is 234 g/mol. The fraction of sp³-hybridized carbons (Fsp3) is 0.273. The van der Waals surface area contributed by atoms with Gasteiger partial charge in [0.15, 0.2) is 5.13 Å². The zero-order valence-corrected chi connectivity index (χ0v) is 9.94. The van der Waals surface area contributed by atoms with Gasteiger partial charge in [-0.2, -0.15) is 0 Å². The summed E-state index contributed by atoms with van der Waals surface area (Å²) in [4.78, 5) is 10.7. The molecule has 0 aliphatic rings. The Morgan fingerprint density at radius 2 is 2.25 bits per heavy atom. The molecule has 4 nitrogen and oxygen atoms in total. The first kappa shape index (κ1) is 10.9. The summed E-state index contributed by atoms with van der Waals surface area (Å²) in [7, 11) is 0. The molecule has 0 aliphatic heterocycles. The number of thiazole rings is 1. The van der Waals surface area contributed by atoms with Gasteiger partial charge in [0.05, 0.1) is 18.4 Å². The first-order valence-corrected chi connectivity index (χ1v) is 5.97. The molecule has 0 aliphatic carbocycles. The van der Waals surface area contributed by atoms with Gasteiger partial charge in [-0.15, -0.1) is 0 Å². The lowest BCUT2D eigenvalue weighted by atomic mass is 10.3. The minimum atomic E-state index is 0.745. The van der Waals surface area contributed by atoms with Gasteiger partial charge in [-0.05, 0) is 19.1 Å². The molecule has 0 saturated heterocycles. The highest BCUT2D eigenvalue weighted by atomic mass is 32.1. The van der Waals surface area contributed by atoms with Crippen molar-refractivity contribution < 1.29 is 0 Å². The summed E-state index contributed by atoms with van der Waals surface area (Å²) in [6.07, 6.45) is 3.50. The minimum Gasteiger partial charge on any atom is -0.389 e. The first-order valence-electron chi connectivity index (χ1n) is 5.15. The Kier molecular flexibility index (Phi) is 3.36. The third-order valence-electron chi connectivity index (χ3n) is 2.24. The maximum atomic E-state index is 5.68. The van der Waals surface area contributed by atoms with Crippen LogP contribution >= 0.6 is 11.3 Å². The van der Waals surface area contributed by atoms with E-state index < -0.39 is 0 Å². The molecule has 0 saturated carbocycles. The van der Waals surface area contributed by atoms with Crippen molar-refractivity contribution in [1.82, 2.24) is 9.97 Å². The molecule has 16 heavy (non-hydrogen) atoms. The molecule has 2 heterocycles. The van der Waals surface area contributed by atoms with Crippen LogP contribution in [0, 0.1) is 0 Å². The van der Waals surface area contributed by atoms with Crippen LogP contribution < -0.4 is 10.6 Å². The van der Waals surface area contributed by atoms with Crippen molar-refractivity contribution in [2.75, 3.05) is 17.2 Å². The van der Waals surface area contributed by atoms with E-state index >= 15 is 0 Å². The lowest BCUT2D eigenvalue weighted by Gasteiger charge is -2.18. The molecule has 0 amide bonds. The van der Waals surface area contributed by atoms with Crippen LogP contribution in [-0.4, -0.2) is 16.5 Å². The highest BCUT2D eigenvalue weighted by Crippen LogP contribution is 2.24. The standard InChI is InChI=1S/C11H14N4S/c1-2-15(11-14-7-10(12)16-11)8-9-5-3-4-6-13-9/h3-7H,2,8,12H2,1H3. The zero-order chi connectivity index (χ0) is 11.4. The van der Waals surface area contributed by atoms with Crippen LogP contribution in [0.4, 0.5) is 10.1 Å². The molecule has 0 fully saturated rings. The van der Waals surface area contributed by atoms with E-state index in [0.29, 0.717) is 0 Å². The van der Waals surface area contributed by atoms with E-state index in [1.807, 2.05) is 18.2 Å². The average Bonchev–Trinajstić information content (AvgIpc) is 2.74. The number of rotatable bonds is 4. The minimum absolute atomic E-state index is 0.745. The van der Waals surface area contributed by atoms with Crippen molar-refractivity contribution >= 4 is 21.5 Å². The maximum Gasteiger partial charge on any atom is 0.187 e. The van der Waals surface area contributed by atoms with Crippen LogP contribution in [0.15, 0.2) is 30.6 Å². The Morgan fingerprint density at radius 3 is 2.81 bits per heavy atom. The Labute approximate surface area is 98.8 Å². The topological polar surface area (TPSA) is 55.0 Å². The van der Waals surface area contributed by atoms with Crippen molar-refractivity contribution in [3.05, 3.63) is 36.3 Å². The third-order valence-corrected chi connectivity index (χ3v) is 3.13. The number of pyridine rings is 1. The highest BCUT2D eigenvalue weighted by molar-refractivity contribution is 7.19. The number of anilines is 2. The van der Waals surface area contributed by atoms with E-state index in [1.54, 1.807) is 12.4 Å². The summed E-state index contributed by atoms with van der Waals surface area (Å²) >= 11 is 1.50. The van der Waals surface area contributed by atoms with Gasteiger partial charge in [-0.1, -0.05) is 17.4 Å². The molecule has 84 valence electrons. The van der Waals surface area contributed by atoms with Crippen molar-refractivity contribution in [2.24, 2.45) is 0 Å². The van der Waals surface area contributed by atoms with Gasteiger partial charge >= 0.3 is 0 Å². The van der Waals surface area contributed by atoms with Crippen LogP contribution in [0.2, 0.25) is 0 Å². The summed E-state index contributed by atoms with van der Waals surface area (Å²) in [5.41, 5.74) is 6.72. The van der Waals surface area contributed by atoms with E-state index in [0.717, 1.165) is 28.9 Å². The van der Waals surface area contributed by atoms with Crippen molar-refractivity contribution in [3.8, 4) is 0 Å². The Balaban J connectivity index is 2.12. The van der Waals surface area contributed by atoms with E-state index in [-0.39, 0.29) is 0 Å². The second-order valence-electron chi connectivity index (χ2n) is 3.38. The maximum absolute atomic E-state index is 5.68.